The van der Waals surface area contributed by atoms with E-state index in [-0.39, 0.29) is 20.2 Å². The maximum absolute atomic E-state index is 12.9. The molecular weight excluding hydrogens is 338 g/mol. The Morgan fingerprint density at radius 2 is 1.48 bits per heavy atom. The quantitative estimate of drug-likeness (QED) is 0.524. The van der Waals surface area contributed by atoms with Crippen molar-refractivity contribution in [2.24, 2.45) is 0 Å². The van der Waals surface area contributed by atoms with E-state index < -0.39 is 20.4 Å². The Morgan fingerprint density at radius 3 is 2.09 bits per heavy atom. The van der Waals surface area contributed by atoms with Crippen LogP contribution >= 0.6 is 11.6 Å². The van der Waals surface area contributed by atoms with E-state index in [0.717, 1.165) is 6.07 Å². The van der Waals surface area contributed by atoms with Crippen LogP contribution in [0.4, 0.5) is 5.69 Å². The highest BCUT2D eigenvalue weighted by Gasteiger charge is 2.31. The molecule has 3 aromatic rings. The van der Waals surface area contributed by atoms with Gasteiger partial charge in [0.1, 0.15) is 0 Å². The number of nitrogens with zero attached hydrogens (tertiary/aromatic N) is 1. The Kier molecular flexibility index (Phi) is 3.79. The zero-order chi connectivity index (χ0) is 16.6. The molecule has 0 amide bonds. The topological polar surface area (TPSA) is 77.3 Å². The maximum atomic E-state index is 12.9. The second kappa shape index (κ2) is 5.64. The van der Waals surface area contributed by atoms with Crippen LogP contribution in [-0.2, 0) is 9.84 Å². The Bertz CT molecular complexity index is 1020. The molecule has 0 spiro atoms. The summed E-state index contributed by atoms with van der Waals surface area (Å²) in [6.45, 7) is 0. The molecule has 0 radical (unpaired) electrons. The molecule has 0 atom stereocenters. The van der Waals surface area contributed by atoms with Crippen molar-refractivity contribution in [3.63, 3.8) is 0 Å². The summed E-state index contributed by atoms with van der Waals surface area (Å²) < 4.78 is 25.9. The molecule has 0 aliphatic carbocycles. The lowest BCUT2D eigenvalue weighted by Gasteiger charge is -2.10. The molecule has 0 aliphatic rings. The number of benzene rings is 3. The third-order valence-corrected chi connectivity index (χ3v) is 5.62. The number of nitro benzene ring substituents is 1. The molecule has 0 N–H and O–H groups in total. The third kappa shape index (κ3) is 2.56. The van der Waals surface area contributed by atoms with Gasteiger partial charge in [-0.25, -0.2) is 8.42 Å². The van der Waals surface area contributed by atoms with Gasteiger partial charge in [0.15, 0.2) is 4.90 Å². The molecule has 0 bridgehead atoms. The van der Waals surface area contributed by atoms with Gasteiger partial charge in [-0.15, -0.1) is 0 Å². The fraction of sp³-hybridized carbons (Fsp3) is 0. The van der Waals surface area contributed by atoms with E-state index in [1.54, 1.807) is 36.4 Å². The number of hydrogen-bond donors (Lipinski definition) is 0. The molecule has 0 unspecified atom stereocenters. The fourth-order valence-electron chi connectivity index (χ4n) is 2.43. The number of sulfone groups is 1. The molecule has 0 aromatic heterocycles. The SMILES string of the molecule is O=[N+]([O-])c1cc(Cl)c2ccccc2c1S(=O)(=O)c1ccccc1. The van der Waals surface area contributed by atoms with Crippen LogP contribution in [-0.4, -0.2) is 13.3 Å². The van der Waals surface area contributed by atoms with Crippen LogP contribution in [0.15, 0.2) is 70.5 Å². The zero-order valence-electron chi connectivity index (χ0n) is 11.6. The van der Waals surface area contributed by atoms with Crippen molar-refractivity contribution in [1.82, 2.24) is 0 Å². The normalized spacial score (nSPS) is 11.5. The van der Waals surface area contributed by atoms with Gasteiger partial charge in [-0.1, -0.05) is 54.1 Å². The van der Waals surface area contributed by atoms with Crippen molar-refractivity contribution in [2.45, 2.75) is 9.79 Å². The number of fused-ring (bicyclic) bond motifs is 1. The standard InChI is InChI=1S/C16H10ClNO4S/c17-14-10-15(18(19)20)16(13-9-5-4-8-12(13)14)23(21,22)11-6-2-1-3-7-11/h1-10H. The van der Waals surface area contributed by atoms with Crippen LogP contribution in [0.25, 0.3) is 10.8 Å². The average Bonchev–Trinajstić information content (AvgIpc) is 2.55. The monoisotopic (exact) mass is 347 g/mol. The summed E-state index contributed by atoms with van der Waals surface area (Å²) in [5.74, 6) is 0. The largest absolute Gasteiger partial charge is 0.290 e. The van der Waals surface area contributed by atoms with Gasteiger partial charge in [0.2, 0.25) is 9.84 Å². The van der Waals surface area contributed by atoms with Gasteiger partial charge in [-0.2, -0.15) is 0 Å². The molecular formula is C16H10ClNO4S. The molecule has 7 heteroatoms. The van der Waals surface area contributed by atoms with E-state index in [2.05, 4.69) is 0 Å². The number of rotatable bonds is 3. The van der Waals surface area contributed by atoms with Crippen molar-refractivity contribution in [2.75, 3.05) is 0 Å². The first kappa shape index (κ1) is 15.5. The van der Waals surface area contributed by atoms with Crippen molar-refractivity contribution >= 4 is 37.9 Å². The van der Waals surface area contributed by atoms with E-state index in [0.29, 0.717) is 5.39 Å². The van der Waals surface area contributed by atoms with Crippen LogP contribution in [0.1, 0.15) is 0 Å². The summed E-state index contributed by atoms with van der Waals surface area (Å²) in [5, 5.41) is 12.2. The van der Waals surface area contributed by atoms with Crippen LogP contribution < -0.4 is 0 Å². The Morgan fingerprint density at radius 1 is 0.913 bits per heavy atom. The Labute approximate surface area is 137 Å². The first-order chi connectivity index (χ1) is 10.9. The van der Waals surface area contributed by atoms with Gasteiger partial charge in [-0.3, -0.25) is 10.1 Å². The molecule has 3 rings (SSSR count). The van der Waals surface area contributed by atoms with Gasteiger partial charge in [0.05, 0.1) is 14.8 Å². The first-order valence-corrected chi connectivity index (χ1v) is 8.45. The molecule has 0 fully saturated rings. The van der Waals surface area contributed by atoms with Crippen molar-refractivity contribution in [3.05, 3.63) is 75.8 Å². The lowest BCUT2D eigenvalue weighted by atomic mass is 10.1. The minimum Gasteiger partial charge on any atom is -0.258 e. The van der Waals surface area contributed by atoms with E-state index in [9.17, 15) is 18.5 Å². The lowest BCUT2D eigenvalue weighted by Crippen LogP contribution is -2.07. The number of hydrogen-bond acceptors (Lipinski definition) is 4. The van der Waals surface area contributed by atoms with E-state index >= 15 is 0 Å². The predicted molar refractivity (Wildman–Crippen MR) is 87.5 cm³/mol. The first-order valence-electron chi connectivity index (χ1n) is 6.58. The van der Waals surface area contributed by atoms with Gasteiger partial charge < -0.3 is 0 Å². The third-order valence-electron chi connectivity index (χ3n) is 3.44. The predicted octanol–water partition coefficient (Wildman–Crippen LogP) is 4.23. The molecule has 5 nitrogen and oxygen atoms in total. The number of halogens is 1. The molecule has 0 heterocycles. The second-order valence-electron chi connectivity index (χ2n) is 4.83. The lowest BCUT2D eigenvalue weighted by molar-refractivity contribution is -0.387. The number of nitro groups is 1. The van der Waals surface area contributed by atoms with Gasteiger partial charge in [-0.05, 0) is 12.1 Å². The molecule has 23 heavy (non-hydrogen) atoms. The summed E-state index contributed by atoms with van der Waals surface area (Å²) in [6.07, 6.45) is 0. The van der Waals surface area contributed by atoms with Gasteiger partial charge in [0, 0.05) is 16.8 Å². The van der Waals surface area contributed by atoms with Crippen LogP contribution in [0.2, 0.25) is 5.02 Å². The molecule has 3 aromatic carbocycles. The van der Waals surface area contributed by atoms with Crippen molar-refractivity contribution in [3.8, 4) is 0 Å². The smallest absolute Gasteiger partial charge is 0.258 e. The van der Waals surface area contributed by atoms with Gasteiger partial charge >= 0.3 is 0 Å². The van der Waals surface area contributed by atoms with Crippen molar-refractivity contribution in [1.29, 1.82) is 0 Å². The fourth-order valence-corrected chi connectivity index (χ4v) is 4.32. The highest BCUT2D eigenvalue weighted by molar-refractivity contribution is 7.91. The Hall–Kier alpha value is -2.44. The summed E-state index contributed by atoms with van der Waals surface area (Å²) in [7, 11) is -4.06. The average molecular weight is 348 g/mol. The minimum absolute atomic E-state index is 0.00410. The van der Waals surface area contributed by atoms with E-state index in [4.69, 9.17) is 11.6 Å². The van der Waals surface area contributed by atoms with E-state index in [1.165, 1.54) is 18.2 Å². The highest BCUT2D eigenvalue weighted by Crippen LogP contribution is 2.39. The summed E-state index contributed by atoms with van der Waals surface area (Å²) in [4.78, 5) is 10.3. The minimum atomic E-state index is -4.06. The highest BCUT2D eigenvalue weighted by atomic mass is 35.5. The van der Waals surface area contributed by atoms with Crippen LogP contribution in [0, 0.1) is 10.1 Å². The van der Waals surface area contributed by atoms with Crippen LogP contribution in [0.3, 0.4) is 0 Å². The molecule has 116 valence electrons. The summed E-state index contributed by atoms with van der Waals surface area (Å²) >= 11 is 6.08. The summed E-state index contributed by atoms with van der Waals surface area (Å²) in [6, 6.07) is 15.2. The zero-order valence-corrected chi connectivity index (χ0v) is 13.2. The summed E-state index contributed by atoms with van der Waals surface area (Å²) in [5.41, 5.74) is -0.530. The second-order valence-corrected chi connectivity index (χ2v) is 7.12. The molecule has 0 aliphatic heterocycles. The van der Waals surface area contributed by atoms with Crippen LogP contribution in [0.5, 0.6) is 0 Å². The van der Waals surface area contributed by atoms with Crippen molar-refractivity contribution < 1.29 is 13.3 Å². The molecule has 0 saturated heterocycles. The Balaban J connectivity index is 2.48. The van der Waals surface area contributed by atoms with E-state index in [1.807, 2.05) is 0 Å². The van der Waals surface area contributed by atoms with Gasteiger partial charge in [0.25, 0.3) is 5.69 Å². The molecule has 0 saturated carbocycles. The maximum Gasteiger partial charge on any atom is 0.290 e.